The first-order valence-electron chi connectivity index (χ1n) is 9.22. The summed E-state index contributed by atoms with van der Waals surface area (Å²) in [6, 6.07) is 0. The number of carbonyl (C=O) groups excluding carboxylic acids is 2. The molecule has 0 amide bonds. The van der Waals surface area contributed by atoms with Gasteiger partial charge in [-0.25, -0.2) is 9.59 Å². The van der Waals surface area contributed by atoms with Crippen LogP contribution in [0, 0.1) is 27.7 Å². The average Bonchev–Trinajstić information content (AvgIpc) is 3.03. The van der Waals surface area contributed by atoms with E-state index in [-0.39, 0.29) is 11.9 Å². The van der Waals surface area contributed by atoms with Crippen molar-refractivity contribution in [1.82, 2.24) is 15.3 Å². The van der Waals surface area contributed by atoms with Gasteiger partial charge < -0.3 is 24.8 Å². The lowest BCUT2D eigenvalue weighted by atomic mass is 10.1. The van der Waals surface area contributed by atoms with Crippen LogP contribution in [0.4, 0.5) is 0 Å². The average molecular weight is 375 g/mol. The largest absolute Gasteiger partial charge is 0.462 e. The van der Waals surface area contributed by atoms with Crippen molar-refractivity contribution in [2.45, 2.75) is 54.6 Å². The van der Waals surface area contributed by atoms with Crippen LogP contribution in [-0.4, -0.2) is 35.1 Å². The van der Waals surface area contributed by atoms with Crippen molar-refractivity contribution < 1.29 is 19.1 Å². The van der Waals surface area contributed by atoms with Gasteiger partial charge in [-0.05, 0) is 52.7 Å². The van der Waals surface area contributed by atoms with Gasteiger partial charge >= 0.3 is 11.9 Å². The Hall–Kier alpha value is -2.54. The fourth-order valence-corrected chi connectivity index (χ4v) is 3.31. The molecule has 2 heterocycles. The molecular weight excluding hydrogens is 346 g/mol. The van der Waals surface area contributed by atoms with Crippen LogP contribution < -0.4 is 5.32 Å². The van der Waals surface area contributed by atoms with Crippen LogP contribution in [0.25, 0.3) is 0 Å². The zero-order valence-corrected chi connectivity index (χ0v) is 17.0. The van der Waals surface area contributed by atoms with Crippen LogP contribution in [0.1, 0.15) is 68.5 Å². The zero-order valence-electron chi connectivity index (χ0n) is 17.0. The molecule has 2 aromatic heterocycles. The first kappa shape index (κ1) is 20.8. The number of nitrogens with one attached hydrogen (secondary N) is 3. The van der Waals surface area contributed by atoms with Crippen molar-refractivity contribution >= 4 is 11.9 Å². The van der Waals surface area contributed by atoms with E-state index in [1.165, 1.54) is 0 Å². The maximum absolute atomic E-state index is 12.1. The van der Waals surface area contributed by atoms with E-state index in [0.29, 0.717) is 37.4 Å². The van der Waals surface area contributed by atoms with Crippen molar-refractivity contribution in [1.29, 1.82) is 0 Å². The summed E-state index contributed by atoms with van der Waals surface area (Å²) in [7, 11) is 0. The van der Waals surface area contributed by atoms with Crippen molar-refractivity contribution in [3.8, 4) is 0 Å². The van der Waals surface area contributed by atoms with E-state index in [9.17, 15) is 9.59 Å². The lowest BCUT2D eigenvalue weighted by Crippen LogP contribution is -2.15. The molecule has 148 valence electrons. The maximum atomic E-state index is 12.1. The minimum absolute atomic E-state index is 0.301. The summed E-state index contributed by atoms with van der Waals surface area (Å²) in [6.45, 7) is 13.0. The molecule has 0 bridgehead atoms. The van der Waals surface area contributed by atoms with Crippen molar-refractivity contribution in [2.24, 2.45) is 0 Å². The summed E-state index contributed by atoms with van der Waals surface area (Å²) in [5, 5.41) is 3.36. The molecule has 0 aliphatic carbocycles. The standard InChI is InChI=1S/C20H29N3O4/c1-7-26-19(24)17-11(3)15(22-13(17)5)9-21-10-16-12(4)18(14(6)23-16)20(25)27-8-2/h21-23H,7-10H2,1-6H3. The van der Waals surface area contributed by atoms with Crippen LogP contribution in [0.5, 0.6) is 0 Å². The Morgan fingerprint density at radius 3 is 1.48 bits per heavy atom. The molecule has 2 rings (SSSR count). The van der Waals surface area contributed by atoms with Crippen LogP contribution >= 0.6 is 0 Å². The predicted molar refractivity (Wildman–Crippen MR) is 103 cm³/mol. The van der Waals surface area contributed by atoms with Crippen LogP contribution in [-0.2, 0) is 22.6 Å². The second-order valence-corrected chi connectivity index (χ2v) is 6.50. The summed E-state index contributed by atoms with van der Waals surface area (Å²) in [6.07, 6.45) is 0. The molecule has 7 nitrogen and oxygen atoms in total. The van der Waals surface area contributed by atoms with Crippen molar-refractivity contribution in [2.75, 3.05) is 13.2 Å². The van der Waals surface area contributed by atoms with E-state index in [2.05, 4.69) is 15.3 Å². The second kappa shape index (κ2) is 8.90. The van der Waals surface area contributed by atoms with Crippen LogP contribution in [0.15, 0.2) is 0 Å². The van der Waals surface area contributed by atoms with Crippen LogP contribution in [0.2, 0.25) is 0 Å². The molecule has 7 heteroatoms. The van der Waals surface area contributed by atoms with E-state index in [4.69, 9.17) is 9.47 Å². The number of rotatable bonds is 8. The molecule has 0 aromatic carbocycles. The molecule has 27 heavy (non-hydrogen) atoms. The highest BCUT2D eigenvalue weighted by Gasteiger charge is 2.20. The first-order valence-corrected chi connectivity index (χ1v) is 9.22. The number of esters is 2. The minimum atomic E-state index is -0.301. The Bertz CT molecular complexity index is 765. The molecule has 0 radical (unpaired) electrons. The van der Waals surface area contributed by atoms with Crippen molar-refractivity contribution in [3.63, 3.8) is 0 Å². The molecule has 0 saturated carbocycles. The number of hydrogen-bond acceptors (Lipinski definition) is 5. The monoisotopic (exact) mass is 375 g/mol. The highest BCUT2D eigenvalue weighted by molar-refractivity contribution is 5.93. The second-order valence-electron chi connectivity index (χ2n) is 6.50. The first-order chi connectivity index (χ1) is 12.8. The molecule has 0 spiro atoms. The van der Waals surface area contributed by atoms with Crippen molar-refractivity contribution in [3.05, 3.63) is 45.0 Å². The number of aromatic amines is 2. The van der Waals surface area contributed by atoms with E-state index in [0.717, 1.165) is 33.9 Å². The molecule has 0 aliphatic heterocycles. The van der Waals surface area contributed by atoms with Crippen LogP contribution in [0.3, 0.4) is 0 Å². The Balaban J connectivity index is 2.07. The van der Waals surface area contributed by atoms with E-state index < -0.39 is 0 Å². The maximum Gasteiger partial charge on any atom is 0.340 e. The fourth-order valence-electron chi connectivity index (χ4n) is 3.31. The topological polar surface area (TPSA) is 96.2 Å². The number of hydrogen-bond donors (Lipinski definition) is 3. The van der Waals surface area contributed by atoms with Gasteiger partial charge in [-0.15, -0.1) is 0 Å². The quantitative estimate of drug-likeness (QED) is 0.616. The Labute approximate surface area is 159 Å². The zero-order chi connectivity index (χ0) is 20.1. The van der Waals surface area contributed by atoms with E-state index in [1.807, 2.05) is 27.7 Å². The Kier molecular flexibility index (Phi) is 6.85. The molecule has 0 atom stereocenters. The van der Waals surface area contributed by atoms with Gasteiger partial charge in [0.05, 0.1) is 24.3 Å². The predicted octanol–water partition coefficient (Wildman–Crippen LogP) is 3.22. The van der Waals surface area contributed by atoms with Gasteiger partial charge in [-0.3, -0.25) is 0 Å². The highest BCUT2D eigenvalue weighted by Crippen LogP contribution is 2.21. The number of aryl methyl sites for hydroxylation is 2. The molecule has 2 aromatic rings. The summed E-state index contributed by atoms with van der Waals surface area (Å²) >= 11 is 0. The van der Waals surface area contributed by atoms with Gasteiger partial charge in [0.2, 0.25) is 0 Å². The molecular formula is C20H29N3O4. The summed E-state index contributed by atoms with van der Waals surface area (Å²) < 4.78 is 10.2. The van der Waals surface area contributed by atoms with Gasteiger partial charge in [-0.1, -0.05) is 0 Å². The number of aromatic nitrogens is 2. The molecule has 0 aliphatic rings. The van der Waals surface area contributed by atoms with Gasteiger partial charge in [0.1, 0.15) is 0 Å². The number of carbonyl (C=O) groups is 2. The lowest BCUT2D eigenvalue weighted by molar-refractivity contribution is 0.0515. The summed E-state index contributed by atoms with van der Waals surface area (Å²) in [4.78, 5) is 30.7. The lowest BCUT2D eigenvalue weighted by Gasteiger charge is -2.06. The molecule has 0 saturated heterocycles. The Morgan fingerprint density at radius 2 is 1.15 bits per heavy atom. The fraction of sp³-hybridized carbons (Fsp3) is 0.500. The normalized spacial score (nSPS) is 10.9. The summed E-state index contributed by atoms with van der Waals surface area (Å²) in [5.41, 5.74) is 6.49. The summed E-state index contributed by atoms with van der Waals surface area (Å²) in [5.74, 6) is -0.602. The third-order valence-electron chi connectivity index (χ3n) is 4.64. The Morgan fingerprint density at radius 1 is 0.778 bits per heavy atom. The van der Waals surface area contributed by atoms with E-state index in [1.54, 1.807) is 13.8 Å². The van der Waals surface area contributed by atoms with Gasteiger partial charge in [0.15, 0.2) is 0 Å². The van der Waals surface area contributed by atoms with E-state index >= 15 is 0 Å². The highest BCUT2D eigenvalue weighted by atomic mass is 16.5. The minimum Gasteiger partial charge on any atom is -0.462 e. The molecule has 0 unspecified atom stereocenters. The number of H-pyrrole nitrogens is 2. The molecule has 0 fully saturated rings. The van der Waals surface area contributed by atoms with Gasteiger partial charge in [-0.2, -0.15) is 0 Å². The molecule has 3 N–H and O–H groups in total. The third-order valence-corrected chi connectivity index (χ3v) is 4.64. The number of ether oxygens (including phenoxy) is 2. The SMILES string of the molecule is CCOC(=O)c1c(C)[nH]c(CNCc2[nH]c(C)c(C(=O)OCC)c2C)c1C. The van der Waals surface area contributed by atoms with Gasteiger partial charge in [0, 0.05) is 35.9 Å². The third kappa shape index (κ3) is 4.42. The van der Waals surface area contributed by atoms with Gasteiger partial charge in [0.25, 0.3) is 0 Å². The smallest absolute Gasteiger partial charge is 0.340 e.